The predicted molar refractivity (Wildman–Crippen MR) is 29.9 cm³/mol. The number of aliphatic hydroxyl groups excluding tert-OH is 4. The lowest BCUT2D eigenvalue weighted by atomic mass is 10.1. The summed E-state index contributed by atoms with van der Waals surface area (Å²) in [7, 11) is 0. The van der Waals surface area contributed by atoms with Crippen LogP contribution in [0.2, 0.25) is 0 Å². The summed E-state index contributed by atoms with van der Waals surface area (Å²) in [5, 5.41) is 33.7. The van der Waals surface area contributed by atoms with E-state index >= 15 is 0 Å². The van der Waals surface area contributed by atoms with Gasteiger partial charge >= 0.3 is 0 Å². The molecule has 0 aromatic heterocycles. The van der Waals surface area contributed by atoms with E-state index in [-0.39, 0.29) is 19.3 Å². The van der Waals surface area contributed by atoms with Gasteiger partial charge in [-0.05, 0) is 0 Å². The first-order chi connectivity index (χ1) is 4.26. The van der Waals surface area contributed by atoms with Gasteiger partial charge in [-0.25, -0.2) is 0 Å². The highest BCUT2D eigenvalue weighted by Gasteiger charge is 2.16. The fourth-order valence-corrected chi connectivity index (χ4v) is 0.398. The molecular weight excluding hydrogens is 124 g/mol. The van der Waals surface area contributed by atoms with Crippen molar-refractivity contribution < 1.29 is 20.4 Å². The van der Waals surface area contributed by atoms with Gasteiger partial charge in [0.25, 0.3) is 0 Å². The van der Waals surface area contributed by atoms with Gasteiger partial charge in [-0.1, -0.05) is 0 Å². The molecule has 0 saturated carbocycles. The zero-order valence-electron chi connectivity index (χ0n) is 4.99. The molecule has 9 heavy (non-hydrogen) atoms. The zero-order valence-corrected chi connectivity index (χ0v) is 4.99. The molecule has 4 heteroatoms. The van der Waals surface area contributed by atoms with E-state index in [1.165, 1.54) is 0 Å². The molecule has 55 valence electrons. The molecule has 1 radical (unpaired) electrons. The highest BCUT2D eigenvalue weighted by atomic mass is 16.3. The standard InChI is InChI=1S/C5H11O4/c6-1-4(2-7)5(9)3-8/h4,6-9H,1-3H2. The molecule has 0 bridgehead atoms. The monoisotopic (exact) mass is 135 g/mol. The van der Waals surface area contributed by atoms with Crippen LogP contribution in [-0.2, 0) is 0 Å². The SMILES string of the molecule is OC[C](O)C(CO)CO. The van der Waals surface area contributed by atoms with Crippen molar-refractivity contribution in [1.29, 1.82) is 0 Å². The molecule has 0 aromatic carbocycles. The molecule has 0 aliphatic carbocycles. The summed E-state index contributed by atoms with van der Waals surface area (Å²) in [5.41, 5.74) is 0. The molecular formula is C5H11O4. The highest BCUT2D eigenvalue weighted by Crippen LogP contribution is 2.07. The Morgan fingerprint density at radius 1 is 1.11 bits per heavy atom. The van der Waals surface area contributed by atoms with Gasteiger partial charge in [0.05, 0.1) is 19.8 Å². The molecule has 0 rings (SSSR count). The summed E-state index contributed by atoms with van der Waals surface area (Å²) in [6, 6.07) is 0. The van der Waals surface area contributed by atoms with Gasteiger partial charge in [-0.2, -0.15) is 0 Å². The first-order valence-corrected chi connectivity index (χ1v) is 2.63. The van der Waals surface area contributed by atoms with Crippen LogP contribution < -0.4 is 0 Å². The van der Waals surface area contributed by atoms with Crippen molar-refractivity contribution in [1.82, 2.24) is 0 Å². The molecule has 0 saturated heterocycles. The van der Waals surface area contributed by atoms with Crippen LogP contribution in [0.15, 0.2) is 0 Å². The maximum absolute atomic E-state index is 8.66. The van der Waals surface area contributed by atoms with Crippen molar-refractivity contribution in [2.45, 2.75) is 0 Å². The summed E-state index contributed by atoms with van der Waals surface area (Å²) in [5.74, 6) is -0.699. The van der Waals surface area contributed by atoms with Gasteiger partial charge in [0, 0.05) is 5.92 Å². The minimum absolute atomic E-state index is 0.278. The summed E-state index contributed by atoms with van der Waals surface area (Å²) in [6.07, 6.45) is -0.278. The van der Waals surface area contributed by atoms with Gasteiger partial charge < -0.3 is 20.4 Å². The smallest absolute Gasteiger partial charge is 0.126 e. The van der Waals surface area contributed by atoms with Crippen LogP contribution in [-0.4, -0.2) is 40.2 Å². The van der Waals surface area contributed by atoms with Gasteiger partial charge in [0.2, 0.25) is 0 Å². The number of rotatable bonds is 4. The predicted octanol–water partition coefficient (Wildman–Crippen LogP) is -1.52. The van der Waals surface area contributed by atoms with E-state index in [2.05, 4.69) is 0 Å². The number of hydrogen-bond acceptors (Lipinski definition) is 4. The minimum atomic E-state index is -0.699. The van der Waals surface area contributed by atoms with E-state index in [4.69, 9.17) is 20.4 Å². The van der Waals surface area contributed by atoms with E-state index in [1.54, 1.807) is 0 Å². The van der Waals surface area contributed by atoms with E-state index in [1.807, 2.05) is 0 Å². The van der Waals surface area contributed by atoms with Gasteiger partial charge in [0.1, 0.15) is 6.10 Å². The Bertz CT molecular complexity index is 62.0. The lowest BCUT2D eigenvalue weighted by Gasteiger charge is -2.13. The number of aliphatic hydroxyl groups is 4. The molecule has 0 atom stereocenters. The second-order valence-electron chi connectivity index (χ2n) is 1.71. The normalized spacial score (nSPS) is 11.3. The Balaban J connectivity index is 3.50. The lowest BCUT2D eigenvalue weighted by molar-refractivity contribution is 0.0692. The van der Waals surface area contributed by atoms with E-state index in [0.29, 0.717) is 0 Å². The highest BCUT2D eigenvalue weighted by molar-refractivity contribution is 4.82. The van der Waals surface area contributed by atoms with Crippen LogP contribution in [0.3, 0.4) is 0 Å². The number of hydrogen-bond donors (Lipinski definition) is 4. The second kappa shape index (κ2) is 4.69. The minimum Gasteiger partial charge on any atom is -0.396 e. The molecule has 0 spiro atoms. The topological polar surface area (TPSA) is 80.9 Å². The van der Waals surface area contributed by atoms with Crippen molar-refractivity contribution in [2.75, 3.05) is 19.8 Å². The summed E-state index contributed by atoms with van der Waals surface area (Å²) in [6.45, 7) is -1.20. The average Bonchev–Trinajstić information content (AvgIpc) is 1.90. The van der Waals surface area contributed by atoms with Crippen LogP contribution >= 0.6 is 0 Å². The Labute approximate surface area is 53.4 Å². The quantitative estimate of drug-likeness (QED) is 0.377. The van der Waals surface area contributed by atoms with Gasteiger partial charge in [0.15, 0.2) is 0 Å². The van der Waals surface area contributed by atoms with Crippen LogP contribution in [0.25, 0.3) is 0 Å². The molecule has 0 aliphatic heterocycles. The molecule has 0 aliphatic rings. The Kier molecular flexibility index (Phi) is 4.61. The molecule has 0 unspecified atom stereocenters. The first kappa shape index (κ1) is 8.84. The lowest BCUT2D eigenvalue weighted by Crippen LogP contribution is -2.22. The van der Waals surface area contributed by atoms with Crippen molar-refractivity contribution in [3.05, 3.63) is 6.10 Å². The van der Waals surface area contributed by atoms with Crippen molar-refractivity contribution in [3.63, 3.8) is 0 Å². The molecule has 0 aromatic rings. The summed E-state index contributed by atoms with van der Waals surface area (Å²) < 4.78 is 0. The Hall–Kier alpha value is -0.160. The third kappa shape index (κ3) is 2.76. The summed E-state index contributed by atoms with van der Waals surface area (Å²) >= 11 is 0. The maximum Gasteiger partial charge on any atom is 0.126 e. The maximum atomic E-state index is 8.66. The van der Waals surface area contributed by atoms with Crippen molar-refractivity contribution in [2.24, 2.45) is 5.92 Å². The first-order valence-electron chi connectivity index (χ1n) is 2.63. The summed E-state index contributed by atoms with van der Waals surface area (Å²) in [4.78, 5) is 0. The fraction of sp³-hybridized carbons (Fsp3) is 0.800. The van der Waals surface area contributed by atoms with Crippen LogP contribution in [0.5, 0.6) is 0 Å². The molecule has 4 N–H and O–H groups in total. The van der Waals surface area contributed by atoms with Crippen LogP contribution in [0.4, 0.5) is 0 Å². The molecule has 0 fully saturated rings. The Morgan fingerprint density at radius 3 is 1.67 bits per heavy atom. The van der Waals surface area contributed by atoms with E-state index in [0.717, 1.165) is 0 Å². The third-order valence-electron chi connectivity index (χ3n) is 1.07. The largest absolute Gasteiger partial charge is 0.396 e. The van der Waals surface area contributed by atoms with Crippen LogP contribution in [0, 0.1) is 12.0 Å². The molecule has 4 nitrogen and oxygen atoms in total. The fourth-order valence-electron chi connectivity index (χ4n) is 0.398. The third-order valence-corrected chi connectivity index (χ3v) is 1.07. The van der Waals surface area contributed by atoms with E-state index < -0.39 is 12.5 Å². The van der Waals surface area contributed by atoms with Gasteiger partial charge in [-0.15, -0.1) is 0 Å². The van der Waals surface area contributed by atoms with Gasteiger partial charge in [-0.3, -0.25) is 0 Å². The van der Waals surface area contributed by atoms with Crippen LogP contribution in [0.1, 0.15) is 0 Å². The average molecular weight is 135 g/mol. The van der Waals surface area contributed by atoms with Crippen molar-refractivity contribution >= 4 is 0 Å². The zero-order chi connectivity index (χ0) is 7.28. The molecule has 0 heterocycles. The van der Waals surface area contributed by atoms with E-state index in [9.17, 15) is 0 Å². The Morgan fingerprint density at radius 2 is 1.56 bits per heavy atom. The molecule has 0 amide bonds. The second-order valence-corrected chi connectivity index (χ2v) is 1.71. The van der Waals surface area contributed by atoms with Crippen molar-refractivity contribution in [3.8, 4) is 0 Å².